The predicted molar refractivity (Wildman–Crippen MR) is 70.5 cm³/mol. The first kappa shape index (κ1) is 14.3. The van der Waals surface area contributed by atoms with Crippen LogP contribution in [0.25, 0.3) is 0 Å². The minimum atomic E-state index is -0.761. The lowest BCUT2D eigenvalue weighted by molar-refractivity contribution is 0.150. The number of aliphatic hydroxyl groups excluding tert-OH is 2. The number of ether oxygens (including phenoxy) is 2. The van der Waals surface area contributed by atoms with E-state index in [0.717, 1.165) is 0 Å². The molecule has 0 aliphatic carbocycles. The highest BCUT2D eigenvalue weighted by atomic mass is 16.5. The average Bonchev–Trinajstić information content (AvgIpc) is 2.94. The highest BCUT2D eigenvalue weighted by Crippen LogP contribution is 2.30. The molecule has 7 nitrogen and oxygen atoms in total. The first-order valence-corrected chi connectivity index (χ1v) is 6.07. The van der Waals surface area contributed by atoms with Crippen LogP contribution in [-0.2, 0) is 13.2 Å². The van der Waals surface area contributed by atoms with Crippen molar-refractivity contribution in [3.05, 3.63) is 35.7 Å². The van der Waals surface area contributed by atoms with Crippen molar-refractivity contribution in [2.45, 2.75) is 19.3 Å². The third-order valence-electron chi connectivity index (χ3n) is 2.90. The molecule has 1 heterocycles. The Balaban J connectivity index is 2.14. The molecule has 0 aliphatic heterocycles. The first-order chi connectivity index (χ1) is 9.67. The molecule has 7 heteroatoms. The average molecular weight is 279 g/mol. The van der Waals surface area contributed by atoms with Gasteiger partial charge in [0.25, 0.3) is 0 Å². The van der Waals surface area contributed by atoms with Crippen molar-refractivity contribution in [2.24, 2.45) is 0 Å². The summed E-state index contributed by atoms with van der Waals surface area (Å²) in [7, 11) is 3.10. The van der Waals surface area contributed by atoms with Crippen LogP contribution in [0.3, 0.4) is 0 Å². The fourth-order valence-electron chi connectivity index (χ4n) is 1.84. The molecular weight excluding hydrogens is 262 g/mol. The van der Waals surface area contributed by atoms with E-state index in [1.807, 2.05) is 0 Å². The van der Waals surface area contributed by atoms with Crippen molar-refractivity contribution in [3.8, 4) is 11.5 Å². The van der Waals surface area contributed by atoms with E-state index in [1.165, 1.54) is 4.68 Å². The molecule has 2 N–H and O–H groups in total. The van der Waals surface area contributed by atoms with Crippen LogP contribution in [0.5, 0.6) is 11.5 Å². The minimum absolute atomic E-state index is 0.174. The van der Waals surface area contributed by atoms with E-state index in [1.54, 1.807) is 38.6 Å². The van der Waals surface area contributed by atoms with Crippen LogP contribution in [0.15, 0.2) is 24.4 Å². The van der Waals surface area contributed by atoms with Crippen molar-refractivity contribution >= 4 is 0 Å². The van der Waals surface area contributed by atoms with Gasteiger partial charge in [0.05, 0.1) is 39.7 Å². The molecule has 0 fully saturated rings. The standard InChI is InChI=1S/C13H17N3O4/c1-19-12-4-3-9(5-13(12)20-2)11(18)7-16-6-10(8-17)14-15-16/h3-6,11,17-18H,7-8H2,1-2H3/t11-/m0/s1. The molecular formula is C13H17N3O4. The summed E-state index contributed by atoms with van der Waals surface area (Å²) in [6.07, 6.45) is 0.826. The van der Waals surface area contributed by atoms with Crippen molar-refractivity contribution < 1.29 is 19.7 Å². The van der Waals surface area contributed by atoms with Crippen LogP contribution in [0, 0.1) is 0 Å². The van der Waals surface area contributed by atoms with Crippen molar-refractivity contribution in [3.63, 3.8) is 0 Å². The van der Waals surface area contributed by atoms with Crippen LogP contribution < -0.4 is 9.47 Å². The van der Waals surface area contributed by atoms with Gasteiger partial charge in [-0.1, -0.05) is 11.3 Å². The van der Waals surface area contributed by atoms with E-state index in [9.17, 15) is 5.11 Å². The van der Waals surface area contributed by atoms with Crippen LogP contribution in [0.2, 0.25) is 0 Å². The maximum atomic E-state index is 10.2. The summed E-state index contributed by atoms with van der Waals surface area (Å²) < 4.78 is 11.8. The molecule has 2 aromatic rings. The Bertz CT molecular complexity index is 570. The van der Waals surface area contributed by atoms with Gasteiger partial charge in [0.15, 0.2) is 11.5 Å². The van der Waals surface area contributed by atoms with Gasteiger partial charge in [-0.15, -0.1) is 5.10 Å². The lowest BCUT2D eigenvalue weighted by Gasteiger charge is -2.14. The Morgan fingerprint density at radius 1 is 1.25 bits per heavy atom. The summed E-state index contributed by atoms with van der Waals surface area (Å²) in [4.78, 5) is 0. The lowest BCUT2D eigenvalue weighted by atomic mass is 10.1. The number of methoxy groups -OCH3 is 2. The molecule has 1 atom stereocenters. The minimum Gasteiger partial charge on any atom is -0.493 e. The van der Waals surface area contributed by atoms with E-state index in [2.05, 4.69) is 10.3 Å². The Kier molecular flexibility index (Phi) is 4.54. The zero-order valence-electron chi connectivity index (χ0n) is 11.4. The predicted octanol–water partition coefficient (Wildman–Crippen LogP) is 0.521. The summed E-state index contributed by atoms with van der Waals surface area (Å²) in [5.74, 6) is 1.16. The maximum Gasteiger partial charge on any atom is 0.161 e. The van der Waals surface area contributed by atoms with E-state index < -0.39 is 6.10 Å². The topological polar surface area (TPSA) is 89.6 Å². The van der Waals surface area contributed by atoms with E-state index in [0.29, 0.717) is 22.8 Å². The number of hydrogen-bond acceptors (Lipinski definition) is 6. The number of aliphatic hydroxyl groups is 2. The number of rotatable bonds is 6. The Morgan fingerprint density at radius 3 is 2.60 bits per heavy atom. The Hall–Kier alpha value is -2.12. The molecule has 0 saturated carbocycles. The summed E-state index contributed by atoms with van der Waals surface area (Å²) in [6, 6.07) is 5.21. The van der Waals surface area contributed by atoms with Crippen LogP contribution in [-0.4, -0.2) is 39.4 Å². The van der Waals surface area contributed by atoms with Crippen LogP contribution >= 0.6 is 0 Å². The number of aromatic nitrogens is 3. The van der Waals surface area contributed by atoms with Crippen molar-refractivity contribution in [1.29, 1.82) is 0 Å². The molecule has 0 amide bonds. The fourth-order valence-corrected chi connectivity index (χ4v) is 1.84. The van der Waals surface area contributed by atoms with Gasteiger partial charge in [0.1, 0.15) is 5.69 Å². The molecule has 0 saturated heterocycles. The lowest BCUT2D eigenvalue weighted by Crippen LogP contribution is -2.09. The summed E-state index contributed by atoms with van der Waals surface area (Å²) >= 11 is 0. The number of nitrogens with zero attached hydrogens (tertiary/aromatic N) is 3. The number of hydrogen-bond donors (Lipinski definition) is 2. The monoisotopic (exact) mass is 279 g/mol. The van der Waals surface area contributed by atoms with Gasteiger partial charge >= 0.3 is 0 Å². The van der Waals surface area contributed by atoms with E-state index in [-0.39, 0.29) is 13.2 Å². The fraction of sp³-hybridized carbons (Fsp3) is 0.385. The molecule has 0 spiro atoms. The summed E-state index contributed by atoms with van der Waals surface area (Å²) in [6.45, 7) is 0.0644. The summed E-state index contributed by atoms with van der Waals surface area (Å²) in [5, 5.41) is 26.7. The molecule has 20 heavy (non-hydrogen) atoms. The second kappa shape index (κ2) is 6.36. The van der Waals surface area contributed by atoms with Crippen molar-refractivity contribution in [1.82, 2.24) is 15.0 Å². The molecule has 1 aromatic heterocycles. The first-order valence-electron chi connectivity index (χ1n) is 6.07. The second-order valence-corrected chi connectivity index (χ2v) is 4.22. The SMILES string of the molecule is COc1ccc([C@@H](O)Cn2cc(CO)nn2)cc1OC. The largest absolute Gasteiger partial charge is 0.493 e. The quantitative estimate of drug-likeness (QED) is 0.801. The number of benzene rings is 1. The Morgan fingerprint density at radius 2 is 2.00 bits per heavy atom. The molecule has 1 aromatic carbocycles. The second-order valence-electron chi connectivity index (χ2n) is 4.22. The Labute approximate surface area is 116 Å². The zero-order valence-corrected chi connectivity index (χ0v) is 11.4. The van der Waals surface area contributed by atoms with Gasteiger partial charge in [-0.3, -0.25) is 0 Å². The highest BCUT2D eigenvalue weighted by molar-refractivity contribution is 5.43. The highest BCUT2D eigenvalue weighted by Gasteiger charge is 2.13. The van der Waals surface area contributed by atoms with Gasteiger partial charge in [0, 0.05) is 0 Å². The maximum absolute atomic E-state index is 10.2. The van der Waals surface area contributed by atoms with E-state index >= 15 is 0 Å². The molecule has 108 valence electrons. The summed E-state index contributed by atoms with van der Waals surface area (Å²) in [5.41, 5.74) is 1.15. The normalized spacial score (nSPS) is 12.2. The van der Waals surface area contributed by atoms with Gasteiger partial charge < -0.3 is 19.7 Å². The molecule has 2 rings (SSSR count). The van der Waals surface area contributed by atoms with Crippen molar-refractivity contribution in [2.75, 3.05) is 14.2 Å². The molecule has 0 bridgehead atoms. The van der Waals surface area contributed by atoms with Crippen LogP contribution in [0.1, 0.15) is 17.4 Å². The van der Waals surface area contributed by atoms with Gasteiger partial charge in [-0.2, -0.15) is 0 Å². The van der Waals surface area contributed by atoms with E-state index in [4.69, 9.17) is 14.6 Å². The van der Waals surface area contributed by atoms with Gasteiger partial charge in [0.2, 0.25) is 0 Å². The smallest absolute Gasteiger partial charge is 0.161 e. The van der Waals surface area contributed by atoms with Gasteiger partial charge in [-0.25, -0.2) is 4.68 Å². The third kappa shape index (κ3) is 3.06. The third-order valence-corrected chi connectivity index (χ3v) is 2.90. The zero-order chi connectivity index (χ0) is 14.5. The van der Waals surface area contributed by atoms with Crippen LogP contribution in [0.4, 0.5) is 0 Å². The molecule has 0 radical (unpaired) electrons. The van der Waals surface area contributed by atoms with Gasteiger partial charge in [-0.05, 0) is 17.7 Å². The molecule has 0 unspecified atom stereocenters. The molecule has 0 aliphatic rings.